The molecule has 106 valence electrons. The number of aryl methyl sites for hydroxylation is 1. The smallest absolute Gasteiger partial charge is 0.412 e. The van der Waals surface area contributed by atoms with Crippen LogP contribution in [0.25, 0.3) is 0 Å². The maximum atomic E-state index is 11.7. The van der Waals surface area contributed by atoms with Crippen molar-refractivity contribution >= 4 is 28.4 Å². The van der Waals surface area contributed by atoms with Gasteiger partial charge in [0.15, 0.2) is 5.69 Å². The molecule has 19 heavy (non-hydrogen) atoms. The Hall–Kier alpha value is -1.63. The summed E-state index contributed by atoms with van der Waals surface area (Å²) in [6.45, 7) is 8.98. The first-order chi connectivity index (χ1) is 8.73. The van der Waals surface area contributed by atoms with E-state index < -0.39 is 17.7 Å². The van der Waals surface area contributed by atoms with Crippen LogP contribution in [0.3, 0.4) is 0 Å². The predicted molar refractivity (Wildman–Crippen MR) is 72.7 cm³/mol. The topological polar surface area (TPSA) is 77.5 Å². The van der Waals surface area contributed by atoms with Gasteiger partial charge in [-0.1, -0.05) is 0 Å². The van der Waals surface area contributed by atoms with Gasteiger partial charge in [0.05, 0.1) is 11.6 Å². The van der Waals surface area contributed by atoms with E-state index in [-0.39, 0.29) is 12.3 Å². The van der Waals surface area contributed by atoms with E-state index in [0.717, 1.165) is 0 Å². The molecule has 0 spiro atoms. The molecule has 0 unspecified atom stereocenters. The van der Waals surface area contributed by atoms with Crippen LogP contribution in [0.4, 0.5) is 9.80 Å². The van der Waals surface area contributed by atoms with E-state index in [1.165, 1.54) is 11.3 Å². The molecule has 0 aliphatic rings. The van der Waals surface area contributed by atoms with Gasteiger partial charge < -0.3 is 9.47 Å². The van der Waals surface area contributed by atoms with Crippen molar-refractivity contribution < 1.29 is 19.1 Å². The average Bonchev–Trinajstić information content (AvgIpc) is 2.56. The van der Waals surface area contributed by atoms with Crippen LogP contribution in [-0.2, 0) is 9.47 Å². The van der Waals surface area contributed by atoms with E-state index in [2.05, 4.69) is 10.3 Å². The number of rotatable bonds is 3. The molecule has 1 heterocycles. The molecular weight excluding hydrogens is 268 g/mol. The fourth-order valence-electron chi connectivity index (χ4n) is 1.25. The Kier molecular flexibility index (Phi) is 4.88. The number of carbonyl (C=O) groups is 2. The van der Waals surface area contributed by atoms with Gasteiger partial charge in [-0.05, 0) is 34.6 Å². The monoisotopic (exact) mass is 286 g/mol. The third-order valence-electron chi connectivity index (χ3n) is 1.82. The van der Waals surface area contributed by atoms with Crippen LogP contribution in [0.15, 0.2) is 0 Å². The van der Waals surface area contributed by atoms with Crippen LogP contribution < -0.4 is 5.32 Å². The molecule has 1 aromatic rings. The fourth-order valence-corrected chi connectivity index (χ4v) is 2.04. The molecule has 0 aromatic carbocycles. The number of aromatic nitrogens is 1. The van der Waals surface area contributed by atoms with Crippen molar-refractivity contribution in [1.82, 2.24) is 4.98 Å². The summed E-state index contributed by atoms with van der Waals surface area (Å²) in [5.74, 6) is -0.557. The summed E-state index contributed by atoms with van der Waals surface area (Å²) in [7, 11) is 0. The summed E-state index contributed by atoms with van der Waals surface area (Å²) in [6.07, 6.45) is -0.623. The van der Waals surface area contributed by atoms with Crippen LogP contribution in [0.1, 0.15) is 43.2 Å². The lowest BCUT2D eigenvalue weighted by atomic mass is 10.2. The van der Waals surface area contributed by atoms with Crippen LogP contribution in [0.2, 0.25) is 0 Å². The molecule has 0 bridgehead atoms. The Bertz CT molecular complexity index is 477. The number of thiazole rings is 1. The largest absolute Gasteiger partial charge is 0.461 e. The molecule has 0 aliphatic carbocycles. The maximum Gasteiger partial charge on any atom is 0.412 e. The molecule has 0 aliphatic heterocycles. The lowest BCUT2D eigenvalue weighted by Crippen LogP contribution is -2.27. The zero-order valence-corrected chi connectivity index (χ0v) is 12.5. The van der Waals surface area contributed by atoms with Crippen LogP contribution >= 0.6 is 11.3 Å². The van der Waals surface area contributed by atoms with Gasteiger partial charge in [-0.3, -0.25) is 5.32 Å². The van der Waals surface area contributed by atoms with Crippen molar-refractivity contribution in [2.45, 2.75) is 40.2 Å². The number of hydrogen-bond donors (Lipinski definition) is 1. The van der Waals surface area contributed by atoms with Crippen molar-refractivity contribution in [3.05, 3.63) is 10.7 Å². The van der Waals surface area contributed by atoms with E-state index in [9.17, 15) is 9.59 Å². The first kappa shape index (κ1) is 15.4. The second kappa shape index (κ2) is 6.01. The summed E-state index contributed by atoms with van der Waals surface area (Å²) in [5, 5.41) is 3.52. The Balaban J connectivity index is 2.83. The molecule has 1 N–H and O–H groups in total. The normalized spacial score (nSPS) is 11.0. The van der Waals surface area contributed by atoms with Gasteiger partial charge in [0, 0.05) is 0 Å². The zero-order chi connectivity index (χ0) is 14.6. The number of carbonyl (C=O) groups excluding carboxylic acids is 2. The van der Waals surface area contributed by atoms with E-state index >= 15 is 0 Å². The summed E-state index contributed by atoms with van der Waals surface area (Å²) < 4.78 is 10.00. The quantitative estimate of drug-likeness (QED) is 0.864. The van der Waals surface area contributed by atoms with Crippen molar-refractivity contribution in [1.29, 1.82) is 0 Å². The molecule has 6 nitrogen and oxygen atoms in total. The van der Waals surface area contributed by atoms with E-state index in [4.69, 9.17) is 9.47 Å². The highest BCUT2D eigenvalue weighted by Crippen LogP contribution is 2.25. The zero-order valence-electron chi connectivity index (χ0n) is 11.7. The second-order valence-corrected chi connectivity index (χ2v) is 5.96. The van der Waals surface area contributed by atoms with Gasteiger partial charge >= 0.3 is 12.1 Å². The summed E-state index contributed by atoms with van der Waals surface area (Å²) >= 11 is 1.20. The summed E-state index contributed by atoms with van der Waals surface area (Å²) in [5.41, 5.74) is -0.497. The first-order valence-electron chi connectivity index (χ1n) is 5.87. The van der Waals surface area contributed by atoms with Crippen molar-refractivity contribution in [3.63, 3.8) is 0 Å². The Morgan fingerprint density at radius 3 is 2.53 bits per heavy atom. The third-order valence-corrected chi connectivity index (χ3v) is 2.70. The molecule has 0 saturated carbocycles. The van der Waals surface area contributed by atoms with E-state index in [0.29, 0.717) is 10.0 Å². The Labute approximate surface area is 116 Å². The van der Waals surface area contributed by atoms with Crippen molar-refractivity contribution in [2.75, 3.05) is 11.9 Å². The Morgan fingerprint density at radius 2 is 2.00 bits per heavy atom. The Morgan fingerprint density at radius 1 is 1.37 bits per heavy atom. The number of ether oxygens (including phenoxy) is 2. The van der Waals surface area contributed by atoms with Gasteiger partial charge in [-0.2, -0.15) is 0 Å². The molecule has 1 amide bonds. The van der Waals surface area contributed by atoms with Gasteiger partial charge in [0.25, 0.3) is 0 Å². The minimum absolute atomic E-state index is 0.107. The number of hydrogen-bond acceptors (Lipinski definition) is 6. The number of esters is 1. The molecule has 0 fully saturated rings. The van der Waals surface area contributed by atoms with Crippen molar-refractivity contribution in [3.8, 4) is 0 Å². The van der Waals surface area contributed by atoms with E-state index in [1.807, 2.05) is 0 Å². The second-order valence-electron chi connectivity index (χ2n) is 4.76. The minimum atomic E-state index is -0.623. The van der Waals surface area contributed by atoms with E-state index in [1.54, 1.807) is 34.6 Å². The molecule has 7 heteroatoms. The van der Waals surface area contributed by atoms with Crippen LogP contribution in [-0.4, -0.2) is 29.3 Å². The fraction of sp³-hybridized carbons (Fsp3) is 0.583. The minimum Gasteiger partial charge on any atom is -0.461 e. The molecule has 0 radical (unpaired) electrons. The SMILES string of the molecule is CCOC(=O)c1nc(C)sc1NC(=O)OC(C)(C)C. The summed E-state index contributed by atoms with van der Waals surface area (Å²) in [4.78, 5) is 27.4. The standard InChI is InChI=1S/C12H18N2O4S/c1-6-17-10(15)8-9(19-7(2)13-8)14-11(16)18-12(3,4)5/h6H2,1-5H3,(H,14,16). The van der Waals surface area contributed by atoms with Crippen LogP contribution in [0.5, 0.6) is 0 Å². The van der Waals surface area contributed by atoms with Gasteiger partial charge in [-0.25, -0.2) is 14.6 Å². The molecule has 1 rings (SSSR count). The lowest BCUT2D eigenvalue weighted by Gasteiger charge is -2.19. The number of amides is 1. The number of nitrogens with zero attached hydrogens (tertiary/aromatic N) is 1. The predicted octanol–water partition coefficient (Wildman–Crippen LogP) is 2.98. The third kappa shape index (κ3) is 4.86. The highest BCUT2D eigenvalue weighted by atomic mass is 32.1. The molecule has 0 atom stereocenters. The molecule has 1 aromatic heterocycles. The number of anilines is 1. The molecular formula is C12H18N2O4S. The number of nitrogens with one attached hydrogen (secondary N) is 1. The molecule has 0 saturated heterocycles. The highest BCUT2D eigenvalue weighted by Gasteiger charge is 2.22. The van der Waals surface area contributed by atoms with Crippen LogP contribution in [0, 0.1) is 6.92 Å². The van der Waals surface area contributed by atoms with Gasteiger partial charge in [0.1, 0.15) is 10.6 Å². The highest BCUT2D eigenvalue weighted by molar-refractivity contribution is 7.16. The van der Waals surface area contributed by atoms with Crippen molar-refractivity contribution in [2.24, 2.45) is 0 Å². The maximum absolute atomic E-state index is 11.7. The van der Waals surface area contributed by atoms with Gasteiger partial charge in [-0.15, -0.1) is 11.3 Å². The summed E-state index contributed by atoms with van der Waals surface area (Å²) in [6, 6.07) is 0. The average molecular weight is 286 g/mol. The lowest BCUT2D eigenvalue weighted by molar-refractivity contribution is 0.0521. The first-order valence-corrected chi connectivity index (χ1v) is 6.69. The van der Waals surface area contributed by atoms with Gasteiger partial charge in [0.2, 0.25) is 0 Å².